The number of amides is 1. The van der Waals surface area contributed by atoms with Crippen LogP contribution in [-0.4, -0.2) is 23.1 Å². The van der Waals surface area contributed by atoms with E-state index in [-0.39, 0.29) is 5.91 Å². The number of nitrogens with zero attached hydrogens (tertiary/aromatic N) is 2. The van der Waals surface area contributed by atoms with Gasteiger partial charge in [-0.2, -0.15) is 0 Å². The molecule has 4 nitrogen and oxygen atoms in total. The van der Waals surface area contributed by atoms with Gasteiger partial charge in [0.1, 0.15) is 5.69 Å². The number of hydrogen-bond donors (Lipinski definition) is 1. The Hall–Kier alpha value is -2.49. The van der Waals surface area contributed by atoms with Gasteiger partial charge in [0.05, 0.1) is 17.1 Å². The summed E-state index contributed by atoms with van der Waals surface area (Å²) in [6.45, 7) is 13.5. The summed E-state index contributed by atoms with van der Waals surface area (Å²) in [7, 11) is 0. The second-order valence-electron chi connectivity index (χ2n) is 7.81. The van der Waals surface area contributed by atoms with Crippen LogP contribution in [0, 0.1) is 0 Å². The lowest BCUT2D eigenvalue weighted by Gasteiger charge is -2.17. The first-order valence-electron chi connectivity index (χ1n) is 10.3. The number of nitrogens with one attached hydrogen (secondary N) is 1. The zero-order valence-electron chi connectivity index (χ0n) is 18.0. The standard InChI is InChI=1S/C24H33N3O/c1-7-8-15-25-24(28)22-14-10-13-21(27-22)18(6)26-23-19(16(2)3)11-9-12-20(23)17(4)5/h9-14,16-17H,7-8,15H2,1-6H3,(H,25,28). The molecule has 0 bridgehead atoms. The number of aromatic nitrogens is 1. The third kappa shape index (κ3) is 5.51. The molecule has 1 heterocycles. The van der Waals surface area contributed by atoms with Gasteiger partial charge < -0.3 is 5.32 Å². The van der Waals surface area contributed by atoms with Crippen LogP contribution in [0.3, 0.4) is 0 Å². The Morgan fingerprint density at radius 3 is 2.14 bits per heavy atom. The Balaban J connectivity index is 2.39. The van der Waals surface area contributed by atoms with Crippen LogP contribution >= 0.6 is 0 Å². The van der Waals surface area contributed by atoms with Gasteiger partial charge in [-0.05, 0) is 48.4 Å². The van der Waals surface area contributed by atoms with E-state index in [0.29, 0.717) is 24.1 Å². The zero-order valence-corrected chi connectivity index (χ0v) is 18.0. The van der Waals surface area contributed by atoms with Crippen molar-refractivity contribution >= 4 is 17.3 Å². The van der Waals surface area contributed by atoms with E-state index < -0.39 is 0 Å². The van der Waals surface area contributed by atoms with E-state index in [2.05, 4.69) is 63.1 Å². The van der Waals surface area contributed by atoms with Gasteiger partial charge in [0.25, 0.3) is 5.91 Å². The van der Waals surface area contributed by atoms with Gasteiger partial charge in [0, 0.05) is 6.54 Å². The molecule has 1 N–H and O–H groups in total. The number of aliphatic imine (C=N–C) groups is 1. The number of pyridine rings is 1. The number of rotatable bonds is 8. The molecule has 1 aromatic carbocycles. The van der Waals surface area contributed by atoms with Crippen molar-refractivity contribution in [2.75, 3.05) is 6.54 Å². The number of unbranched alkanes of at least 4 members (excludes halogenated alkanes) is 1. The maximum Gasteiger partial charge on any atom is 0.269 e. The molecule has 2 aromatic rings. The van der Waals surface area contributed by atoms with Crippen LogP contribution in [0.15, 0.2) is 41.4 Å². The molecule has 0 radical (unpaired) electrons. The van der Waals surface area contributed by atoms with Crippen LogP contribution < -0.4 is 5.32 Å². The predicted molar refractivity (Wildman–Crippen MR) is 118 cm³/mol. The minimum Gasteiger partial charge on any atom is -0.351 e. The summed E-state index contributed by atoms with van der Waals surface area (Å²) in [6.07, 6.45) is 2.02. The first-order valence-corrected chi connectivity index (χ1v) is 10.3. The Bertz CT molecular complexity index is 811. The van der Waals surface area contributed by atoms with Gasteiger partial charge in [0.2, 0.25) is 0 Å². The van der Waals surface area contributed by atoms with Crippen LogP contribution in [0.1, 0.15) is 93.5 Å². The molecule has 1 amide bonds. The monoisotopic (exact) mass is 379 g/mol. The zero-order chi connectivity index (χ0) is 20.7. The van der Waals surface area contributed by atoms with Crippen molar-refractivity contribution in [2.24, 2.45) is 4.99 Å². The lowest BCUT2D eigenvalue weighted by Crippen LogP contribution is -2.25. The molecule has 150 valence electrons. The van der Waals surface area contributed by atoms with Gasteiger partial charge >= 0.3 is 0 Å². The quantitative estimate of drug-likeness (QED) is 0.452. The summed E-state index contributed by atoms with van der Waals surface area (Å²) < 4.78 is 0. The van der Waals surface area contributed by atoms with Gasteiger partial charge in [-0.15, -0.1) is 0 Å². The minimum absolute atomic E-state index is 0.131. The topological polar surface area (TPSA) is 54.4 Å². The molecule has 0 aliphatic carbocycles. The Labute approximate surface area is 169 Å². The molecule has 4 heteroatoms. The predicted octanol–water partition coefficient (Wildman–Crippen LogP) is 6.00. The molecule has 0 aliphatic heterocycles. The number of carbonyl (C=O) groups is 1. The number of hydrogen-bond acceptors (Lipinski definition) is 3. The number of para-hydroxylation sites is 1. The molecular weight excluding hydrogens is 346 g/mol. The van der Waals surface area contributed by atoms with E-state index in [9.17, 15) is 4.79 Å². The van der Waals surface area contributed by atoms with Crippen molar-refractivity contribution in [3.8, 4) is 0 Å². The van der Waals surface area contributed by atoms with Crippen molar-refractivity contribution in [3.63, 3.8) is 0 Å². The average Bonchev–Trinajstić information content (AvgIpc) is 2.67. The second kappa shape index (κ2) is 10.2. The van der Waals surface area contributed by atoms with Crippen LogP contribution in [0.2, 0.25) is 0 Å². The maximum absolute atomic E-state index is 12.3. The summed E-state index contributed by atoms with van der Waals surface area (Å²) >= 11 is 0. The summed E-state index contributed by atoms with van der Waals surface area (Å²) in [6, 6.07) is 11.9. The smallest absolute Gasteiger partial charge is 0.269 e. The Morgan fingerprint density at radius 1 is 1.00 bits per heavy atom. The first kappa shape index (κ1) is 21.8. The lowest BCUT2D eigenvalue weighted by molar-refractivity contribution is 0.0948. The van der Waals surface area contributed by atoms with Crippen LogP contribution in [0.5, 0.6) is 0 Å². The first-order chi connectivity index (χ1) is 13.3. The largest absolute Gasteiger partial charge is 0.351 e. The molecule has 0 spiro atoms. The SMILES string of the molecule is CCCCNC(=O)c1cccc(C(C)=Nc2c(C(C)C)cccc2C(C)C)n1. The van der Waals surface area contributed by atoms with E-state index in [1.165, 1.54) is 11.1 Å². The molecule has 2 rings (SSSR count). The third-order valence-electron chi connectivity index (χ3n) is 4.79. The molecule has 0 saturated heterocycles. The summed E-state index contributed by atoms with van der Waals surface area (Å²) in [5.41, 5.74) is 5.49. The molecule has 0 aliphatic rings. The molecule has 0 unspecified atom stereocenters. The number of carbonyl (C=O) groups excluding carboxylic acids is 1. The van der Waals surface area contributed by atoms with E-state index in [1.807, 2.05) is 19.1 Å². The van der Waals surface area contributed by atoms with Gasteiger partial charge in [-0.25, -0.2) is 4.98 Å². The summed E-state index contributed by atoms with van der Waals surface area (Å²) in [5.74, 6) is 0.635. The van der Waals surface area contributed by atoms with Gasteiger partial charge in [-0.1, -0.05) is 65.3 Å². The average molecular weight is 380 g/mol. The number of benzene rings is 1. The van der Waals surface area contributed by atoms with Crippen molar-refractivity contribution in [1.82, 2.24) is 10.3 Å². The van der Waals surface area contributed by atoms with Crippen molar-refractivity contribution in [3.05, 3.63) is 58.9 Å². The van der Waals surface area contributed by atoms with E-state index in [4.69, 9.17) is 4.99 Å². The molecule has 0 saturated carbocycles. The molecular formula is C24H33N3O. The second-order valence-corrected chi connectivity index (χ2v) is 7.81. The van der Waals surface area contributed by atoms with Crippen molar-refractivity contribution < 1.29 is 4.79 Å². The highest BCUT2D eigenvalue weighted by Gasteiger charge is 2.15. The van der Waals surface area contributed by atoms with E-state index in [0.717, 1.165) is 29.9 Å². The van der Waals surface area contributed by atoms with Crippen molar-refractivity contribution in [2.45, 2.75) is 66.2 Å². The van der Waals surface area contributed by atoms with Gasteiger partial charge in [0.15, 0.2) is 0 Å². The summed E-state index contributed by atoms with van der Waals surface area (Å²) in [4.78, 5) is 21.8. The molecule has 1 aromatic heterocycles. The fourth-order valence-corrected chi connectivity index (χ4v) is 3.10. The van der Waals surface area contributed by atoms with E-state index in [1.54, 1.807) is 6.07 Å². The van der Waals surface area contributed by atoms with Crippen LogP contribution in [-0.2, 0) is 0 Å². The highest BCUT2D eigenvalue weighted by molar-refractivity contribution is 6.00. The normalized spacial score (nSPS) is 11.9. The molecule has 0 fully saturated rings. The fraction of sp³-hybridized carbons (Fsp3) is 0.458. The minimum atomic E-state index is -0.131. The Morgan fingerprint density at radius 2 is 1.57 bits per heavy atom. The highest BCUT2D eigenvalue weighted by atomic mass is 16.1. The van der Waals surface area contributed by atoms with E-state index >= 15 is 0 Å². The van der Waals surface area contributed by atoms with Crippen LogP contribution in [0.25, 0.3) is 0 Å². The fourth-order valence-electron chi connectivity index (χ4n) is 3.10. The molecule has 0 atom stereocenters. The molecule has 28 heavy (non-hydrogen) atoms. The van der Waals surface area contributed by atoms with Crippen molar-refractivity contribution in [1.29, 1.82) is 0 Å². The maximum atomic E-state index is 12.3. The summed E-state index contributed by atoms with van der Waals surface area (Å²) in [5, 5.41) is 2.92. The van der Waals surface area contributed by atoms with Gasteiger partial charge in [-0.3, -0.25) is 9.79 Å². The highest BCUT2D eigenvalue weighted by Crippen LogP contribution is 2.35. The lowest BCUT2D eigenvalue weighted by atomic mass is 9.93. The Kier molecular flexibility index (Phi) is 7.91. The van der Waals surface area contributed by atoms with Crippen LogP contribution in [0.4, 0.5) is 5.69 Å². The third-order valence-corrected chi connectivity index (χ3v) is 4.79.